The highest BCUT2D eigenvalue weighted by atomic mass is 32.2. The largest absolute Gasteiger partial charge is 0.497 e. The molecule has 2 heterocycles. The molecule has 0 aliphatic heterocycles. The number of hydrogen-bond donors (Lipinski definition) is 2. The van der Waals surface area contributed by atoms with Crippen molar-refractivity contribution in [3.05, 3.63) is 83.0 Å². The molecular formula is C25H28N4O5S. The molecule has 0 aliphatic rings. The lowest BCUT2D eigenvalue weighted by Gasteiger charge is -2.16. The third-order valence-corrected chi connectivity index (χ3v) is 6.55. The molecule has 2 aromatic heterocycles. The van der Waals surface area contributed by atoms with Crippen molar-refractivity contribution in [1.29, 1.82) is 0 Å². The van der Waals surface area contributed by atoms with Gasteiger partial charge in [-0.2, -0.15) is 13.5 Å². The van der Waals surface area contributed by atoms with E-state index in [1.165, 1.54) is 18.3 Å². The first kappa shape index (κ1) is 24.0. The zero-order chi connectivity index (χ0) is 25.2. The first-order chi connectivity index (χ1) is 16.7. The van der Waals surface area contributed by atoms with Crippen LogP contribution < -0.4 is 14.2 Å². The molecule has 4 aromatic rings. The van der Waals surface area contributed by atoms with Crippen LogP contribution in [0.25, 0.3) is 11.3 Å². The van der Waals surface area contributed by atoms with Crippen molar-refractivity contribution in [3.8, 4) is 28.6 Å². The zero-order valence-corrected chi connectivity index (χ0v) is 20.4. The Morgan fingerprint density at radius 3 is 2.29 bits per heavy atom. The number of hydrogen-bond acceptors (Lipinski definition) is 7. The maximum absolute atomic E-state index is 13.1. The minimum Gasteiger partial charge on any atom is -0.497 e. The smallest absolute Gasteiger partial charge is 0.281 e. The van der Waals surface area contributed by atoms with E-state index < -0.39 is 15.9 Å². The molecule has 35 heavy (non-hydrogen) atoms. The Balaban J connectivity index is 0.00000241. The van der Waals surface area contributed by atoms with Crippen LogP contribution in [-0.2, 0) is 10.0 Å². The van der Waals surface area contributed by atoms with E-state index in [9.17, 15) is 13.2 Å². The lowest BCUT2D eigenvalue weighted by atomic mass is 10.1. The van der Waals surface area contributed by atoms with Crippen molar-refractivity contribution < 1.29 is 25.5 Å². The normalized spacial score (nSPS) is 11.2. The van der Waals surface area contributed by atoms with E-state index >= 15 is 0 Å². The monoisotopic (exact) mass is 496 g/mol. The standard InChI is InChI=1S/C25H24N4O5S.2H2/c1-15-13-16(2)23(17(3)14-15)34-25-20(24(30)29-35(31,32)22-11-12-26-28-22)9-10-21(27-25)18-5-7-19(33-4)8-6-18;;/h5-14H,1-4H3,(H,26,28)(H,29,30);2*1H. The topological polar surface area (TPSA) is 123 Å². The molecule has 2 aromatic carbocycles. The average molecular weight is 497 g/mol. The molecule has 0 radical (unpaired) electrons. The number of sulfonamides is 1. The second-order valence-corrected chi connectivity index (χ2v) is 9.61. The van der Waals surface area contributed by atoms with Crippen LogP contribution in [0, 0.1) is 20.8 Å². The van der Waals surface area contributed by atoms with Crippen LogP contribution in [0.15, 0.2) is 65.8 Å². The summed E-state index contributed by atoms with van der Waals surface area (Å²) in [6.45, 7) is 5.77. The number of amides is 1. The van der Waals surface area contributed by atoms with Crippen LogP contribution in [0.4, 0.5) is 0 Å². The Labute approximate surface area is 206 Å². The van der Waals surface area contributed by atoms with Gasteiger partial charge >= 0.3 is 0 Å². The number of aromatic nitrogens is 3. The fourth-order valence-corrected chi connectivity index (χ4v) is 4.54. The van der Waals surface area contributed by atoms with Crippen molar-refractivity contribution >= 4 is 15.9 Å². The number of pyridine rings is 1. The molecule has 184 valence electrons. The Bertz CT molecular complexity index is 1470. The summed E-state index contributed by atoms with van der Waals surface area (Å²) in [5.74, 6) is 0.327. The Hall–Kier alpha value is -4.18. The summed E-state index contributed by atoms with van der Waals surface area (Å²) >= 11 is 0. The van der Waals surface area contributed by atoms with Gasteiger partial charge in [0.15, 0.2) is 5.03 Å². The number of ether oxygens (including phenoxy) is 2. The average Bonchev–Trinajstić information content (AvgIpc) is 3.37. The van der Waals surface area contributed by atoms with Gasteiger partial charge in [-0.05, 0) is 74.4 Å². The molecule has 0 bridgehead atoms. The molecule has 1 amide bonds. The van der Waals surface area contributed by atoms with E-state index in [1.54, 1.807) is 25.3 Å². The Kier molecular flexibility index (Phi) is 6.57. The Morgan fingerprint density at radius 2 is 1.69 bits per heavy atom. The zero-order valence-electron chi connectivity index (χ0n) is 19.6. The molecule has 0 saturated heterocycles. The van der Waals surface area contributed by atoms with Gasteiger partial charge in [-0.15, -0.1) is 0 Å². The SMILES string of the molecule is COc1ccc(-c2ccc(C(=O)NS(=O)(=O)c3ccn[nH]3)c(Oc3c(C)cc(C)cc3C)n2)cc1.[HH].[HH]. The van der Waals surface area contributed by atoms with Gasteiger partial charge in [-0.3, -0.25) is 9.89 Å². The highest BCUT2D eigenvalue weighted by Crippen LogP contribution is 2.33. The fourth-order valence-electron chi connectivity index (χ4n) is 3.66. The van der Waals surface area contributed by atoms with Crippen molar-refractivity contribution in [2.45, 2.75) is 25.8 Å². The number of carbonyl (C=O) groups is 1. The van der Waals surface area contributed by atoms with Crippen molar-refractivity contribution in [3.63, 3.8) is 0 Å². The number of aryl methyl sites for hydroxylation is 3. The van der Waals surface area contributed by atoms with Gasteiger partial charge in [-0.1, -0.05) is 17.7 Å². The summed E-state index contributed by atoms with van der Waals surface area (Å²) in [7, 11) is -2.58. The Morgan fingerprint density at radius 1 is 1.00 bits per heavy atom. The number of nitrogens with zero attached hydrogens (tertiary/aromatic N) is 2. The molecule has 10 heteroatoms. The molecule has 0 aliphatic carbocycles. The number of H-pyrrole nitrogens is 1. The maximum Gasteiger partial charge on any atom is 0.281 e. The van der Waals surface area contributed by atoms with Crippen LogP contribution >= 0.6 is 0 Å². The maximum atomic E-state index is 13.1. The first-order valence-electron chi connectivity index (χ1n) is 10.7. The lowest BCUT2D eigenvalue weighted by Crippen LogP contribution is -2.31. The van der Waals surface area contributed by atoms with E-state index in [1.807, 2.05) is 49.8 Å². The minimum absolute atomic E-state index is 0. The minimum atomic E-state index is -4.16. The number of methoxy groups -OCH3 is 1. The van der Waals surface area contributed by atoms with Gasteiger partial charge in [0.1, 0.15) is 17.1 Å². The van der Waals surface area contributed by atoms with E-state index in [4.69, 9.17) is 9.47 Å². The third-order valence-electron chi connectivity index (χ3n) is 5.29. The lowest BCUT2D eigenvalue weighted by molar-refractivity contribution is 0.0978. The number of carbonyl (C=O) groups excluding carboxylic acids is 1. The summed E-state index contributed by atoms with van der Waals surface area (Å²) in [5.41, 5.74) is 4.05. The predicted molar refractivity (Wildman–Crippen MR) is 134 cm³/mol. The molecule has 4 rings (SSSR count). The number of rotatable bonds is 7. The second kappa shape index (κ2) is 9.59. The molecule has 9 nitrogen and oxygen atoms in total. The number of aromatic amines is 1. The van der Waals surface area contributed by atoms with E-state index in [-0.39, 0.29) is 19.3 Å². The molecule has 0 unspecified atom stereocenters. The fraction of sp³-hybridized carbons (Fsp3) is 0.160. The summed E-state index contributed by atoms with van der Waals surface area (Å²) in [4.78, 5) is 17.6. The molecular weight excluding hydrogens is 468 g/mol. The van der Waals surface area contributed by atoms with Crippen molar-refractivity contribution in [1.82, 2.24) is 19.9 Å². The van der Waals surface area contributed by atoms with Gasteiger partial charge in [0, 0.05) is 8.42 Å². The molecule has 0 fully saturated rings. The van der Waals surface area contributed by atoms with Crippen LogP contribution in [0.5, 0.6) is 17.4 Å². The quantitative estimate of drug-likeness (QED) is 0.376. The van der Waals surface area contributed by atoms with Crippen LogP contribution in [0.2, 0.25) is 0 Å². The summed E-state index contributed by atoms with van der Waals surface area (Å²) in [6.07, 6.45) is 1.28. The molecule has 0 atom stereocenters. The first-order valence-corrected chi connectivity index (χ1v) is 12.1. The van der Waals surface area contributed by atoms with Crippen molar-refractivity contribution in [2.75, 3.05) is 7.11 Å². The summed E-state index contributed by atoms with van der Waals surface area (Å²) in [5, 5.41) is 5.73. The predicted octanol–water partition coefficient (Wildman–Crippen LogP) is 4.81. The van der Waals surface area contributed by atoms with Crippen LogP contribution in [-0.4, -0.2) is 36.6 Å². The highest BCUT2D eigenvalue weighted by molar-refractivity contribution is 7.90. The number of nitrogens with one attached hydrogen (secondary N) is 2. The molecule has 0 saturated carbocycles. The molecule has 2 N–H and O–H groups in total. The second-order valence-electron chi connectivity index (χ2n) is 7.96. The van der Waals surface area contributed by atoms with Crippen molar-refractivity contribution in [2.24, 2.45) is 0 Å². The summed E-state index contributed by atoms with van der Waals surface area (Å²) < 4.78 is 38.5. The van der Waals surface area contributed by atoms with E-state index in [2.05, 4.69) is 15.2 Å². The van der Waals surface area contributed by atoms with E-state index in [0.717, 1.165) is 22.3 Å². The van der Waals surface area contributed by atoms with Gasteiger partial charge in [-0.25, -0.2) is 9.71 Å². The third kappa shape index (κ3) is 5.17. The van der Waals surface area contributed by atoms with E-state index in [0.29, 0.717) is 17.2 Å². The molecule has 0 spiro atoms. The van der Waals surface area contributed by atoms with Gasteiger partial charge < -0.3 is 9.47 Å². The van der Waals surface area contributed by atoms with Gasteiger partial charge in [0.25, 0.3) is 15.9 Å². The van der Waals surface area contributed by atoms with Gasteiger partial charge in [0.2, 0.25) is 5.88 Å². The van der Waals surface area contributed by atoms with Crippen LogP contribution in [0.3, 0.4) is 0 Å². The van der Waals surface area contributed by atoms with Crippen LogP contribution in [0.1, 0.15) is 29.9 Å². The van der Waals surface area contributed by atoms with Gasteiger partial charge in [0.05, 0.1) is 19.0 Å². The highest BCUT2D eigenvalue weighted by Gasteiger charge is 2.24. The number of benzene rings is 2. The summed E-state index contributed by atoms with van der Waals surface area (Å²) in [6, 6.07) is 15.5.